The Morgan fingerprint density at radius 3 is 2.28 bits per heavy atom. The van der Waals surface area contributed by atoms with Gasteiger partial charge in [0.2, 0.25) is 11.8 Å². The van der Waals surface area contributed by atoms with Gasteiger partial charge in [0, 0.05) is 26.4 Å². The summed E-state index contributed by atoms with van der Waals surface area (Å²) in [4.78, 5) is 27.1. The second-order valence-electron chi connectivity index (χ2n) is 4.69. The number of hydrogen-bond acceptors (Lipinski definition) is 2. The van der Waals surface area contributed by atoms with Gasteiger partial charge in [-0.1, -0.05) is 12.1 Å². The van der Waals surface area contributed by atoms with Crippen molar-refractivity contribution in [1.29, 1.82) is 0 Å². The van der Waals surface area contributed by atoms with Crippen LogP contribution in [0.2, 0.25) is 0 Å². The topological polar surface area (TPSA) is 40.6 Å². The van der Waals surface area contributed by atoms with Gasteiger partial charge in [-0.2, -0.15) is 0 Å². The van der Waals surface area contributed by atoms with E-state index in [1.807, 2.05) is 31.2 Å². The molecule has 96 valence electrons. The number of amides is 2. The molecule has 1 aliphatic rings. The van der Waals surface area contributed by atoms with E-state index in [0.29, 0.717) is 6.54 Å². The summed E-state index contributed by atoms with van der Waals surface area (Å²) in [6, 6.07) is 7.68. The predicted molar refractivity (Wildman–Crippen MR) is 71.7 cm³/mol. The number of hydrogen-bond donors (Lipinski definition) is 0. The van der Waals surface area contributed by atoms with Crippen molar-refractivity contribution in [3.63, 3.8) is 0 Å². The van der Waals surface area contributed by atoms with E-state index in [1.165, 1.54) is 0 Å². The quantitative estimate of drug-likeness (QED) is 0.704. The number of carbonyl (C=O) groups excluding carboxylic acids is 2. The molecule has 2 amide bonds. The first-order valence-corrected chi connectivity index (χ1v) is 6.19. The van der Waals surface area contributed by atoms with Gasteiger partial charge in [0.15, 0.2) is 0 Å². The Hall–Kier alpha value is -1.84. The molecule has 1 atom stereocenters. The zero-order chi connectivity index (χ0) is 13.3. The van der Waals surface area contributed by atoms with Gasteiger partial charge in [0.1, 0.15) is 0 Å². The number of fused-ring (bicyclic) bond motifs is 1. The van der Waals surface area contributed by atoms with Gasteiger partial charge in [0.05, 0.1) is 11.4 Å². The molecule has 0 N–H and O–H groups in total. The molecule has 1 aromatic carbocycles. The van der Waals surface area contributed by atoms with Crippen LogP contribution in [0.3, 0.4) is 0 Å². The summed E-state index contributed by atoms with van der Waals surface area (Å²) in [6.45, 7) is 5.79. The molecule has 0 bridgehead atoms. The van der Waals surface area contributed by atoms with Crippen molar-refractivity contribution in [3.05, 3.63) is 24.3 Å². The maximum absolute atomic E-state index is 11.8. The van der Waals surface area contributed by atoms with Gasteiger partial charge in [-0.15, -0.1) is 0 Å². The Morgan fingerprint density at radius 1 is 1.11 bits per heavy atom. The van der Waals surface area contributed by atoms with E-state index >= 15 is 0 Å². The van der Waals surface area contributed by atoms with Gasteiger partial charge in [-0.05, 0) is 25.5 Å². The third kappa shape index (κ3) is 2.10. The summed E-state index contributed by atoms with van der Waals surface area (Å²) in [5.74, 6) is 0.0282. The normalized spacial score (nSPS) is 19.2. The van der Waals surface area contributed by atoms with Crippen molar-refractivity contribution in [2.45, 2.75) is 33.2 Å². The average molecular weight is 246 g/mol. The third-order valence-electron chi connectivity index (χ3n) is 3.36. The van der Waals surface area contributed by atoms with Gasteiger partial charge < -0.3 is 9.80 Å². The number of nitrogens with zero attached hydrogens (tertiary/aromatic N) is 2. The summed E-state index contributed by atoms with van der Waals surface area (Å²) in [7, 11) is 0. The molecule has 0 fully saturated rings. The molecule has 0 saturated carbocycles. The molecule has 1 aliphatic heterocycles. The summed E-state index contributed by atoms with van der Waals surface area (Å²) in [5, 5.41) is 0. The van der Waals surface area contributed by atoms with Crippen LogP contribution in [-0.4, -0.2) is 24.4 Å². The zero-order valence-electron chi connectivity index (χ0n) is 11.0. The molecule has 0 spiro atoms. The van der Waals surface area contributed by atoms with Crippen LogP contribution >= 0.6 is 0 Å². The second kappa shape index (κ2) is 4.80. The van der Waals surface area contributed by atoms with Crippen molar-refractivity contribution in [2.75, 3.05) is 16.3 Å². The van der Waals surface area contributed by atoms with Crippen LogP contribution in [0.5, 0.6) is 0 Å². The van der Waals surface area contributed by atoms with Crippen LogP contribution in [0.25, 0.3) is 0 Å². The minimum absolute atomic E-state index is 0.0139. The van der Waals surface area contributed by atoms with E-state index in [4.69, 9.17) is 0 Å². The molecule has 0 saturated heterocycles. The lowest BCUT2D eigenvalue weighted by Gasteiger charge is -2.27. The lowest BCUT2D eigenvalue weighted by molar-refractivity contribution is -0.117. The molecule has 0 aromatic heterocycles. The van der Waals surface area contributed by atoms with E-state index in [1.54, 1.807) is 23.6 Å². The van der Waals surface area contributed by atoms with Gasteiger partial charge in [0.25, 0.3) is 0 Å². The average Bonchev–Trinajstić information content (AvgIpc) is 2.44. The first-order valence-electron chi connectivity index (χ1n) is 6.19. The molecule has 0 aliphatic carbocycles. The van der Waals surface area contributed by atoms with Crippen molar-refractivity contribution >= 4 is 23.2 Å². The van der Waals surface area contributed by atoms with Crippen LogP contribution in [0, 0.1) is 0 Å². The number of para-hydroxylation sites is 2. The van der Waals surface area contributed by atoms with E-state index < -0.39 is 0 Å². The minimum atomic E-state index is 0.0139. The van der Waals surface area contributed by atoms with E-state index in [2.05, 4.69) is 0 Å². The molecule has 1 heterocycles. The molecular weight excluding hydrogens is 228 g/mol. The summed E-state index contributed by atoms with van der Waals surface area (Å²) >= 11 is 0. The Morgan fingerprint density at radius 2 is 1.72 bits per heavy atom. The Labute approximate surface area is 107 Å². The van der Waals surface area contributed by atoms with Crippen molar-refractivity contribution in [2.24, 2.45) is 0 Å². The highest BCUT2D eigenvalue weighted by molar-refractivity contribution is 6.01. The number of carbonyl (C=O) groups is 2. The first kappa shape index (κ1) is 12.6. The monoisotopic (exact) mass is 246 g/mol. The molecule has 4 heteroatoms. The SMILES string of the molecule is CC(=O)N1CCC(C)N(C(C)=O)c2ccccc21. The molecule has 4 nitrogen and oxygen atoms in total. The van der Waals surface area contributed by atoms with E-state index in [0.717, 1.165) is 17.8 Å². The third-order valence-corrected chi connectivity index (χ3v) is 3.36. The molecule has 0 radical (unpaired) electrons. The van der Waals surface area contributed by atoms with Crippen molar-refractivity contribution < 1.29 is 9.59 Å². The highest BCUT2D eigenvalue weighted by atomic mass is 16.2. The molecule has 18 heavy (non-hydrogen) atoms. The van der Waals surface area contributed by atoms with E-state index in [9.17, 15) is 9.59 Å². The van der Waals surface area contributed by atoms with Crippen LogP contribution in [0.4, 0.5) is 11.4 Å². The summed E-state index contributed by atoms with van der Waals surface area (Å²) in [6.07, 6.45) is 0.786. The second-order valence-corrected chi connectivity index (χ2v) is 4.69. The highest BCUT2D eigenvalue weighted by Crippen LogP contribution is 2.34. The first-order chi connectivity index (χ1) is 8.52. The molecule has 1 unspecified atom stereocenters. The lowest BCUT2D eigenvalue weighted by Crippen LogP contribution is -2.36. The van der Waals surface area contributed by atoms with Gasteiger partial charge in [-0.25, -0.2) is 0 Å². The maximum atomic E-state index is 11.8. The Kier molecular flexibility index (Phi) is 3.36. The standard InChI is InChI=1S/C14H18N2O2/c1-10-8-9-15(11(2)17)13-6-4-5-7-14(13)16(10)12(3)18/h4-7,10H,8-9H2,1-3H3. The van der Waals surface area contributed by atoms with Gasteiger partial charge in [-0.3, -0.25) is 9.59 Å². The smallest absolute Gasteiger partial charge is 0.224 e. The van der Waals surface area contributed by atoms with Crippen LogP contribution in [0.15, 0.2) is 24.3 Å². The van der Waals surface area contributed by atoms with Crippen LogP contribution < -0.4 is 9.80 Å². The predicted octanol–water partition coefficient (Wildman–Crippen LogP) is 2.18. The Balaban J connectivity index is 2.56. The fourth-order valence-corrected chi connectivity index (χ4v) is 2.51. The van der Waals surface area contributed by atoms with Crippen LogP contribution in [-0.2, 0) is 9.59 Å². The minimum Gasteiger partial charge on any atom is -0.311 e. The largest absolute Gasteiger partial charge is 0.311 e. The lowest BCUT2D eigenvalue weighted by atomic mass is 10.2. The van der Waals surface area contributed by atoms with Crippen LogP contribution in [0.1, 0.15) is 27.2 Å². The maximum Gasteiger partial charge on any atom is 0.224 e. The zero-order valence-corrected chi connectivity index (χ0v) is 11.0. The molecule has 1 aromatic rings. The van der Waals surface area contributed by atoms with E-state index in [-0.39, 0.29) is 17.9 Å². The van der Waals surface area contributed by atoms with Crippen molar-refractivity contribution in [1.82, 2.24) is 0 Å². The van der Waals surface area contributed by atoms with Gasteiger partial charge >= 0.3 is 0 Å². The highest BCUT2D eigenvalue weighted by Gasteiger charge is 2.28. The molecule has 2 rings (SSSR count). The number of benzene rings is 1. The number of rotatable bonds is 0. The fourth-order valence-electron chi connectivity index (χ4n) is 2.51. The molecular formula is C14H18N2O2. The number of anilines is 2. The Bertz CT molecular complexity index is 484. The fraction of sp³-hybridized carbons (Fsp3) is 0.429. The summed E-state index contributed by atoms with van der Waals surface area (Å²) < 4.78 is 0. The van der Waals surface area contributed by atoms with Crippen molar-refractivity contribution in [3.8, 4) is 0 Å². The summed E-state index contributed by atoms with van der Waals surface area (Å²) in [5.41, 5.74) is 1.65.